The normalized spacial score (nSPS) is 15.4. The van der Waals surface area contributed by atoms with Crippen molar-refractivity contribution in [3.05, 3.63) is 29.3 Å². The van der Waals surface area contributed by atoms with E-state index >= 15 is 0 Å². The van der Waals surface area contributed by atoms with E-state index in [4.69, 9.17) is 0 Å². The number of anilines is 1. The minimum absolute atomic E-state index is 0.0273. The highest BCUT2D eigenvalue weighted by Crippen LogP contribution is 2.17. The Morgan fingerprint density at radius 2 is 1.82 bits per heavy atom. The third kappa shape index (κ3) is 4.84. The van der Waals surface area contributed by atoms with E-state index in [1.54, 1.807) is 0 Å². The van der Waals surface area contributed by atoms with Crippen LogP contribution in [0.5, 0.6) is 0 Å². The summed E-state index contributed by atoms with van der Waals surface area (Å²) in [5, 5.41) is 5.56. The van der Waals surface area contributed by atoms with Gasteiger partial charge in [-0.3, -0.25) is 9.59 Å². The maximum absolute atomic E-state index is 11.9. The summed E-state index contributed by atoms with van der Waals surface area (Å²) < 4.78 is 0. The van der Waals surface area contributed by atoms with Crippen molar-refractivity contribution in [2.24, 2.45) is 0 Å². The van der Waals surface area contributed by atoms with Crippen molar-refractivity contribution < 1.29 is 14.5 Å². The molecule has 0 radical (unpaired) electrons. The van der Waals surface area contributed by atoms with Crippen LogP contribution in [-0.2, 0) is 9.59 Å². The van der Waals surface area contributed by atoms with Crippen LogP contribution >= 0.6 is 0 Å². The van der Waals surface area contributed by atoms with E-state index in [9.17, 15) is 9.59 Å². The molecule has 0 aliphatic carbocycles. The zero-order chi connectivity index (χ0) is 15.9. The standard InChI is InChI=1S/C17H25N3O2/c1-13-7-6-8-15(14(13)2)19-16(21)11-18-17(22)12-20-9-4-3-5-10-20/h6-8H,3-5,9-12H2,1-2H3,(H,18,22)(H,19,21)/p+1. The zero-order valence-electron chi connectivity index (χ0n) is 13.5. The lowest BCUT2D eigenvalue weighted by molar-refractivity contribution is -0.896. The van der Waals surface area contributed by atoms with E-state index in [0.717, 1.165) is 29.9 Å². The Bertz CT molecular complexity index is 537. The molecule has 1 aromatic rings. The highest BCUT2D eigenvalue weighted by Gasteiger charge is 2.17. The van der Waals surface area contributed by atoms with Crippen molar-refractivity contribution in [3.8, 4) is 0 Å². The number of benzene rings is 1. The van der Waals surface area contributed by atoms with Gasteiger partial charge in [-0.15, -0.1) is 0 Å². The van der Waals surface area contributed by atoms with E-state index in [-0.39, 0.29) is 18.4 Å². The van der Waals surface area contributed by atoms with Crippen LogP contribution in [0.1, 0.15) is 30.4 Å². The first-order valence-corrected chi connectivity index (χ1v) is 8.02. The summed E-state index contributed by atoms with van der Waals surface area (Å²) in [6, 6.07) is 5.80. The van der Waals surface area contributed by atoms with Crippen LogP contribution in [0.15, 0.2) is 18.2 Å². The minimum Gasteiger partial charge on any atom is -0.342 e. The number of quaternary nitrogens is 1. The second-order valence-electron chi connectivity index (χ2n) is 6.06. The largest absolute Gasteiger partial charge is 0.342 e. The molecule has 0 unspecified atom stereocenters. The molecule has 0 atom stereocenters. The Kier molecular flexibility index (Phi) is 5.95. The van der Waals surface area contributed by atoms with Crippen molar-refractivity contribution in [3.63, 3.8) is 0 Å². The van der Waals surface area contributed by atoms with E-state index in [2.05, 4.69) is 10.6 Å². The number of likely N-dealkylation sites (tertiary alicyclic amines) is 1. The number of carbonyl (C=O) groups is 2. The molecular formula is C17H26N3O2+. The third-order valence-electron chi connectivity index (χ3n) is 4.30. The first kappa shape index (κ1) is 16.5. The molecule has 0 saturated carbocycles. The van der Waals surface area contributed by atoms with Crippen molar-refractivity contribution in [2.45, 2.75) is 33.1 Å². The Labute approximate surface area is 132 Å². The highest BCUT2D eigenvalue weighted by atomic mass is 16.2. The number of nitrogens with one attached hydrogen (secondary N) is 3. The van der Waals surface area contributed by atoms with Crippen molar-refractivity contribution >= 4 is 17.5 Å². The number of rotatable bonds is 5. The van der Waals surface area contributed by atoms with Crippen molar-refractivity contribution in [1.82, 2.24) is 5.32 Å². The van der Waals surface area contributed by atoms with Gasteiger partial charge in [0.1, 0.15) is 0 Å². The second kappa shape index (κ2) is 7.94. The van der Waals surface area contributed by atoms with Gasteiger partial charge < -0.3 is 15.5 Å². The third-order valence-corrected chi connectivity index (χ3v) is 4.30. The highest BCUT2D eigenvalue weighted by molar-refractivity contribution is 5.95. The predicted molar refractivity (Wildman–Crippen MR) is 87.0 cm³/mol. The summed E-state index contributed by atoms with van der Waals surface area (Å²) in [5.74, 6) is -0.233. The number of hydrogen-bond acceptors (Lipinski definition) is 2. The Morgan fingerprint density at radius 3 is 2.55 bits per heavy atom. The molecule has 1 aliphatic heterocycles. The maximum atomic E-state index is 11.9. The van der Waals surface area contributed by atoms with Gasteiger partial charge in [0.05, 0.1) is 19.6 Å². The van der Waals surface area contributed by atoms with E-state index < -0.39 is 0 Å². The van der Waals surface area contributed by atoms with Crippen LogP contribution in [-0.4, -0.2) is 38.0 Å². The molecular weight excluding hydrogens is 278 g/mol. The Balaban J connectivity index is 1.75. The van der Waals surface area contributed by atoms with E-state index in [0.29, 0.717) is 6.54 Å². The second-order valence-corrected chi connectivity index (χ2v) is 6.06. The van der Waals surface area contributed by atoms with E-state index in [1.165, 1.54) is 24.2 Å². The summed E-state index contributed by atoms with van der Waals surface area (Å²) in [5.41, 5.74) is 3.00. The van der Waals surface area contributed by atoms with Crippen molar-refractivity contribution in [1.29, 1.82) is 0 Å². The van der Waals surface area contributed by atoms with Gasteiger partial charge in [0.25, 0.3) is 5.91 Å². The smallest absolute Gasteiger partial charge is 0.275 e. The summed E-state index contributed by atoms with van der Waals surface area (Å²) in [6.07, 6.45) is 3.65. The fourth-order valence-electron chi connectivity index (χ4n) is 2.78. The molecule has 1 aromatic carbocycles. The molecule has 1 heterocycles. The van der Waals surface area contributed by atoms with Gasteiger partial charge in [0.15, 0.2) is 6.54 Å². The molecule has 0 spiro atoms. The summed E-state index contributed by atoms with van der Waals surface area (Å²) in [6.45, 7) is 6.60. The van der Waals surface area contributed by atoms with Crippen LogP contribution in [0.25, 0.3) is 0 Å². The Morgan fingerprint density at radius 1 is 1.09 bits per heavy atom. The van der Waals surface area contributed by atoms with Crippen LogP contribution in [0, 0.1) is 13.8 Å². The molecule has 0 bridgehead atoms. The van der Waals surface area contributed by atoms with Gasteiger partial charge in [0.2, 0.25) is 5.91 Å². The number of amides is 2. The van der Waals surface area contributed by atoms with E-state index in [1.807, 2.05) is 32.0 Å². The number of carbonyl (C=O) groups excluding carboxylic acids is 2. The van der Waals surface area contributed by atoms with Crippen molar-refractivity contribution in [2.75, 3.05) is 31.5 Å². The van der Waals surface area contributed by atoms with Gasteiger partial charge in [-0.1, -0.05) is 12.1 Å². The van der Waals surface area contributed by atoms with Crippen LogP contribution in [0.3, 0.4) is 0 Å². The summed E-state index contributed by atoms with van der Waals surface area (Å²) in [7, 11) is 0. The molecule has 22 heavy (non-hydrogen) atoms. The quantitative estimate of drug-likeness (QED) is 0.738. The lowest BCUT2D eigenvalue weighted by Crippen LogP contribution is -3.13. The molecule has 5 nitrogen and oxygen atoms in total. The maximum Gasteiger partial charge on any atom is 0.275 e. The predicted octanol–water partition coefficient (Wildman–Crippen LogP) is 0.427. The average Bonchev–Trinajstić information content (AvgIpc) is 2.51. The van der Waals surface area contributed by atoms with Gasteiger partial charge >= 0.3 is 0 Å². The van der Waals surface area contributed by atoms with Gasteiger partial charge in [-0.25, -0.2) is 0 Å². The summed E-state index contributed by atoms with van der Waals surface area (Å²) >= 11 is 0. The van der Waals surface area contributed by atoms with Gasteiger partial charge in [0, 0.05) is 5.69 Å². The first-order chi connectivity index (χ1) is 10.6. The van der Waals surface area contributed by atoms with Crippen LogP contribution < -0.4 is 15.5 Å². The first-order valence-electron chi connectivity index (χ1n) is 8.02. The topological polar surface area (TPSA) is 62.6 Å². The molecule has 0 aromatic heterocycles. The molecule has 1 saturated heterocycles. The van der Waals surface area contributed by atoms with Gasteiger partial charge in [-0.05, 0) is 50.3 Å². The SMILES string of the molecule is Cc1cccc(NC(=O)CNC(=O)C[NH+]2CCCCC2)c1C. The molecule has 5 heteroatoms. The lowest BCUT2D eigenvalue weighted by atomic mass is 10.1. The fraction of sp³-hybridized carbons (Fsp3) is 0.529. The van der Waals surface area contributed by atoms with Crippen LogP contribution in [0.4, 0.5) is 5.69 Å². The average molecular weight is 304 g/mol. The molecule has 120 valence electrons. The van der Waals surface area contributed by atoms with Crippen LogP contribution in [0.2, 0.25) is 0 Å². The monoisotopic (exact) mass is 304 g/mol. The number of hydrogen-bond donors (Lipinski definition) is 3. The minimum atomic E-state index is -0.185. The zero-order valence-corrected chi connectivity index (χ0v) is 13.5. The molecule has 1 fully saturated rings. The fourth-order valence-corrected chi connectivity index (χ4v) is 2.78. The molecule has 2 rings (SSSR count). The Hall–Kier alpha value is -1.88. The lowest BCUT2D eigenvalue weighted by Gasteiger charge is -2.22. The number of piperidine rings is 1. The molecule has 1 aliphatic rings. The molecule has 3 N–H and O–H groups in total. The summed E-state index contributed by atoms with van der Waals surface area (Å²) in [4.78, 5) is 25.1. The van der Waals surface area contributed by atoms with Gasteiger partial charge in [-0.2, -0.15) is 0 Å². The number of aryl methyl sites for hydroxylation is 1. The molecule has 2 amide bonds.